The van der Waals surface area contributed by atoms with Crippen molar-refractivity contribution in [1.82, 2.24) is 25.8 Å². The molecule has 0 aliphatic carbocycles. The van der Waals surface area contributed by atoms with Crippen LogP contribution in [-0.2, 0) is 33.9 Å². The summed E-state index contributed by atoms with van der Waals surface area (Å²) in [4.78, 5) is 48.3. The Morgan fingerprint density at radius 1 is 0.900 bits per heavy atom. The van der Waals surface area contributed by atoms with Crippen molar-refractivity contribution >= 4 is 52.0 Å². The summed E-state index contributed by atoms with van der Waals surface area (Å²) in [7, 11) is 1.57. The second-order valence-electron chi connectivity index (χ2n) is 12.5. The second kappa shape index (κ2) is 17.8. The summed E-state index contributed by atoms with van der Waals surface area (Å²) in [6.07, 6.45) is 4.64. The first-order valence-electron chi connectivity index (χ1n) is 17.0. The standard InChI is InChI=1S/C37H45ClFN7O3S/c1-46-32(19-24-21-42-29-11-4-3-10-25(24)29)36(48)44-22-26-28(39)16-15-27(38)34(26)50-33-14-5-2-9-23(33)20-43-30(13-8-18-41)35(47)45-31(37(46)49)12-6-7-17-40/h2-5,9-11,14-16,21,30-32,42-43H,6-8,12-13,17-20,22,40-41H2,1H3,(H,44,48)(H,45,47)/t30-,31-,32-/m0/s1. The van der Waals surface area contributed by atoms with Gasteiger partial charge in [0.25, 0.3) is 0 Å². The van der Waals surface area contributed by atoms with E-state index in [4.69, 9.17) is 23.1 Å². The Kier molecular flexibility index (Phi) is 13.3. The van der Waals surface area contributed by atoms with Gasteiger partial charge in [-0.2, -0.15) is 0 Å². The van der Waals surface area contributed by atoms with Gasteiger partial charge in [-0.3, -0.25) is 14.4 Å². The molecule has 1 aliphatic rings. The normalized spacial score (nSPS) is 19.4. The number of aromatic amines is 1. The molecule has 10 nitrogen and oxygen atoms in total. The fourth-order valence-electron chi connectivity index (χ4n) is 6.22. The lowest BCUT2D eigenvalue weighted by atomic mass is 10.0. The number of nitrogens with two attached hydrogens (primary N) is 2. The van der Waals surface area contributed by atoms with Crippen LogP contribution in [-0.4, -0.2) is 65.9 Å². The highest BCUT2D eigenvalue weighted by Gasteiger charge is 2.34. The van der Waals surface area contributed by atoms with E-state index in [0.29, 0.717) is 61.7 Å². The van der Waals surface area contributed by atoms with Crippen LogP contribution >= 0.6 is 23.4 Å². The molecular weight excluding hydrogens is 677 g/mol. The van der Waals surface area contributed by atoms with Crippen LogP contribution in [0.2, 0.25) is 5.02 Å². The molecule has 8 N–H and O–H groups in total. The third-order valence-electron chi connectivity index (χ3n) is 9.10. The number of carbonyl (C=O) groups is 3. The van der Waals surface area contributed by atoms with Crippen molar-refractivity contribution in [3.63, 3.8) is 0 Å². The molecule has 0 spiro atoms. The van der Waals surface area contributed by atoms with E-state index in [1.165, 1.54) is 28.8 Å². The first-order chi connectivity index (χ1) is 24.2. The molecule has 13 heteroatoms. The lowest BCUT2D eigenvalue weighted by molar-refractivity contribution is -0.142. The molecule has 3 aromatic carbocycles. The Morgan fingerprint density at radius 2 is 1.64 bits per heavy atom. The first kappa shape index (κ1) is 37.3. The van der Waals surface area contributed by atoms with Gasteiger partial charge in [-0.15, -0.1) is 0 Å². The van der Waals surface area contributed by atoms with E-state index in [1.54, 1.807) is 7.05 Å². The quantitative estimate of drug-likeness (QED) is 0.138. The maximum Gasteiger partial charge on any atom is 0.245 e. The van der Waals surface area contributed by atoms with E-state index in [1.807, 2.05) is 54.7 Å². The molecule has 1 aliphatic heterocycles. The molecule has 4 aromatic rings. The molecule has 0 saturated heterocycles. The molecule has 0 saturated carbocycles. The van der Waals surface area contributed by atoms with Gasteiger partial charge in [0.05, 0.1) is 11.1 Å². The predicted molar refractivity (Wildman–Crippen MR) is 196 cm³/mol. The third-order valence-corrected chi connectivity index (χ3v) is 10.8. The van der Waals surface area contributed by atoms with Crippen molar-refractivity contribution in [1.29, 1.82) is 0 Å². The first-order valence-corrected chi connectivity index (χ1v) is 18.2. The topological polar surface area (TPSA) is 158 Å². The van der Waals surface area contributed by atoms with Crippen LogP contribution in [0.15, 0.2) is 76.7 Å². The van der Waals surface area contributed by atoms with E-state index < -0.39 is 35.8 Å². The van der Waals surface area contributed by atoms with Gasteiger partial charge >= 0.3 is 0 Å². The molecule has 0 fully saturated rings. The zero-order chi connectivity index (χ0) is 35.6. The second-order valence-corrected chi connectivity index (χ2v) is 14.0. The number of fused-ring (bicyclic) bond motifs is 3. The lowest BCUT2D eigenvalue weighted by Gasteiger charge is -2.32. The van der Waals surface area contributed by atoms with Crippen LogP contribution in [0.1, 0.15) is 48.8 Å². The molecule has 266 valence electrons. The molecule has 2 heterocycles. The van der Waals surface area contributed by atoms with E-state index in [0.717, 1.165) is 26.9 Å². The van der Waals surface area contributed by atoms with Gasteiger partial charge in [0, 0.05) is 59.0 Å². The Morgan fingerprint density at radius 3 is 2.44 bits per heavy atom. The Labute approximate surface area is 301 Å². The van der Waals surface area contributed by atoms with Crippen LogP contribution < -0.4 is 27.4 Å². The molecule has 5 rings (SSSR count). The molecule has 1 aromatic heterocycles. The average Bonchev–Trinajstić information content (AvgIpc) is 3.53. The number of carbonyl (C=O) groups excluding carboxylic acids is 3. The minimum absolute atomic E-state index is 0.155. The number of hydrogen-bond acceptors (Lipinski definition) is 7. The number of H-pyrrole nitrogens is 1. The molecule has 0 radical (unpaired) electrons. The van der Waals surface area contributed by atoms with Crippen LogP contribution in [0.25, 0.3) is 10.9 Å². The third kappa shape index (κ3) is 9.04. The molecule has 3 atom stereocenters. The summed E-state index contributed by atoms with van der Waals surface area (Å²) in [6, 6.07) is 15.6. The van der Waals surface area contributed by atoms with Crippen molar-refractivity contribution < 1.29 is 18.8 Å². The van der Waals surface area contributed by atoms with Crippen molar-refractivity contribution in [2.45, 2.75) is 79.5 Å². The van der Waals surface area contributed by atoms with Crippen LogP contribution in [0.5, 0.6) is 0 Å². The summed E-state index contributed by atoms with van der Waals surface area (Å²) >= 11 is 7.98. The van der Waals surface area contributed by atoms with Gasteiger partial charge in [0.1, 0.15) is 17.9 Å². The van der Waals surface area contributed by atoms with Crippen molar-refractivity contribution in [2.24, 2.45) is 11.5 Å². The highest BCUT2D eigenvalue weighted by atomic mass is 35.5. The zero-order valence-electron chi connectivity index (χ0n) is 28.1. The number of hydrogen-bond donors (Lipinski definition) is 6. The summed E-state index contributed by atoms with van der Waals surface area (Å²) < 4.78 is 15.6. The van der Waals surface area contributed by atoms with E-state index in [-0.39, 0.29) is 24.4 Å². The summed E-state index contributed by atoms with van der Waals surface area (Å²) in [5.74, 6) is -1.73. The number of amides is 3. The van der Waals surface area contributed by atoms with Gasteiger partial charge in [-0.05, 0) is 80.6 Å². The number of likely N-dealkylation sites (N-methyl/N-ethyl adjacent to an activating group) is 1. The van der Waals surface area contributed by atoms with Crippen LogP contribution in [0, 0.1) is 5.82 Å². The number of halogens is 2. The maximum atomic E-state index is 15.6. The van der Waals surface area contributed by atoms with Gasteiger partial charge in [-0.1, -0.05) is 59.8 Å². The fourth-order valence-corrected chi connectivity index (χ4v) is 7.61. The van der Waals surface area contributed by atoms with Gasteiger partial charge < -0.3 is 37.3 Å². The summed E-state index contributed by atoms with van der Waals surface area (Å²) in [6.45, 7) is 1.00. The monoisotopic (exact) mass is 721 g/mol. The zero-order valence-corrected chi connectivity index (χ0v) is 29.7. The highest BCUT2D eigenvalue weighted by Crippen LogP contribution is 2.39. The van der Waals surface area contributed by atoms with Gasteiger partial charge in [-0.25, -0.2) is 4.39 Å². The minimum Gasteiger partial charge on any atom is -0.361 e. The predicted octanol–water partition coefficient (Wildman–Crippen LogP) is 4.62. The Bertz CT molecular complexity index is 1800. The van der Waals surface area contributed by atoms with E-state index in [9.17, 15) is 14.4 Å². The van der Waals surface area contributed by atoms with Crippen molar-refractivity contribution in [3.05, 3.63) is 94.4 Å². The number of aromatic nitrogens is 1. The molecule has 0 bridgehead atoms. The lowest BCUT2D eigenvalue weighted by Crippen LogP contribution is -2.57. The molecule has 50 heavy (non-hydrogen) atoms. The van der Waals surface area contributed by atoms with Crippen molar-refractivity contribution in [2.75, 3.05) is 20.1 Å². The van der Waals surface area contributed by atoms with E-state index in [2.05, 4.69) is 20.9 Å². The highest BCUT2D eigenvalue weighted by molar-refractivity contribution is 7.99. The molecular formula is C37H45ClFN7O3S. The minimum atomic E-state index is -0.989. The largest absolute Gasteiger partial charge is 0.361 e. The average molecular weight is 722 g/mol. The number of benzene rings is 3. The smallest absolute Gasteiger partial charge is 0.245 e. The molecule has 0 unspecified atom stereocenters. The molecule has 3 amide bonds. The van der Waals surface area contributed by atoms with Gasteiger partial charge in [0.15, 0.2) is 0 Å². The summed E-state index contributed by atoms with van der Waals surface area (Å²) in [5, 5.41) is 10.5. The maximum absolute atomic E-state index is 15.6. The number of unbranched alkanes of at least 4 members (excludes halogenated alkanes) is 1. The number of nitrogens with zero attached hydrogens (tertiary/aromatic N) is 1. The van der Waals surface area contributed by atoms with Crippen LogP contribution in [0.4, 0.5) is 4.39 Å². The number of rotatable bonds is 9. The van der Waals surface area contributed by atoms with E-state index >= 15 is 4.39 Å². The number of para-hydroxylation sites is 1. The van der Waals surface area contributed by atoms with Crippen LogP contribution in [0.3, 0.4) is 0 Å². The fraction of sp³-hybridized carbons (Fsp3) is 0.378. The van der Waals surface area contributed by atoms with Gasteiger partial charge in [0.2, 0.25) is 17.7 Å². The Hall–Kier alpha value is -3.94. The summed E-state index contributed by atoms with van der Waals surface area (Å²) in [5.41, 5.74) is 14.5. The van der Waals surface area contributed by atoms with Crippen molar-refractivity contribution in [3.8, 4) is 0 Å². The SMILES string of the molecule is CN1C(=O)[C@H](CCCCN)NC(=O)[C@H](CCCN)NCc2ccccc2Sc2c(Cl)ccc(F)c2CNC(=O)[C@@H]1Cc1c[nH]c2ccccc12. The number of nitrogens with one attached hydrogen (secondary N) is 4. The Balaban J connectivity index is 1.58.